The van der Waals surface area contributed by atoms with Crippen molar-refractivity contribution in [2.75, 3.05) is 36.4 Å². The Kier molecular flexibility index (Phi) is 4.91. The molecule has 1 aliphatic heterocycles. The summed E-state index contributed by atoms with van der Waals surface area (Å²) in [6, 6.07) is 17.2. The molecule has 0 radical (unpaired) electrons. The maximum atomic E-state index is 12.8. The molecule has 1 amide bonds. The number of rotatable bonds is 4. The highest BCUT2D eigenvalue weighted by molar-refractivity contribution is 5.92. The number of benzene rings is 1. The predicted molar refractivity (Wildman–Crippen MR) is 104 cm³/mol. The lowest BCUT2D eigenvalue weighted by atomic mass is 10.2. The Labute approximate surface area is 157 Å². The largest absolute Gasteiger partial charge is 0.353 e. The van der Waals surface area contributed by atoms with E-state index in [2.05, 4.69) is 25.2 Å². The first-order chi connectivity index (χ1) is 13.3. The van der Waals surface area contributed by atoms with Crippen molar-refractivity contribution in [3.63, 3.8) is 0 Å². The molecule has 3 aromatic rings. The first-order valence-electron chi connectivity index (χ1n) is 8.90. The van der Waals surface area contributed by atoms with Gasteiger partial charge in [0.05, 0.1) is 0 Å². The number of nitrogens with one attached hydrogen (secondary N) is 1. The van der Waals surface area contributed by atoms with Crippen molar-refractivity contribution in [1.29, 1.82) is 0 Å². The fourth-order valence-electron chi connectivity index (χ4n) is 3.03. The monoisotopic (exact) mass is 360 g/mol. The minimum Gasteiger partial charge on any atom is -0.353 e. The average molecular weight is 360 g/mol. The molecule has 1 N–H and O–H groups in total. The predicted octanol–water partition coefficient (Wildman–Crippen LogP) is 2.58. The molecule has 1 fully saturated rings. The average Bonchev–Trinajstić information content (AvgIpc) is 2.75. The van der Waals surface area contributed by atoms with E-state index in [1.54, 1.807) is 18.5 Å². The second-order valence-corrected chi connectivity index (χ2v) is 6.22. The molecule has 7 nitrogen and oxygen atoms in total. The number of hydrogen-bond donors (Lipinski definition) is 1. The summed E-state index contributed by atoms with van der Waals surface area (Å²) in [5, 5.41) is 3.12. The van der Waals surface area contributed by atoms with E-state index < -0.39 is 0 Å². The quantitative estimate of drug-likeness (QED) is 0.771. The van der Waals surface area contributed by atoms with Crippen molar-refractivity contribution in [1.82, 2.24) is 19.9 Å². The third-order valence-electron chi connectivity index (χ3n) is 4.44. The highest BCUT2D eigenvalue weighted by Gasteiger charge is 2.23. The molecular weight excluding hydrogens is 340 g/mol. The number of piperazine rings is 1. The van der Waals surface area contributed by atoms with Gasteiger partial charge in [-0.1, -0.05) is 24.3 Å². The van der Waals surface area contributed by atoms with Crippen molar-refractivity contribution in [3.8, 4) is 0 Å². The Bertz CT molecular complexity index is 895. The van der Waals surface area contributed by atoms with Gasteiger partial charge in [0.25, 0.3) is 5.91 Å². The number of para-hydroxylation sites is 1. The molecular formula is C20H20N6O. The van der Waals surface area contributed by atoms with Crippen LogP contribution in [0.2, 0.25) is 0 Å². The molecule has 27 heavy (non-hydrogen) atoms. The summed E-state index contributed by atoms with van der Waals surface area (Å²) in [6.45, 7) is 2.79. The van der Waals surface area contributed by atoms with E-state index in [1.165, 1.54) is 0 Å². The molecule has 0 atom stereocenters. The van der Waals surface area contributed by atoms with E-state index in [0.717, 1.165) is 24.6 Å². The van der Waals surface area contributed by atoms with Gasteiger partial charge in [0, 0.05) is 44.3 Å². The molecule has 3 heterocycles. The molecule has 0 aliphatic carbocycles. The van der Waals surface area contributed by atoms with Crippen LogP contribution in [0, 0.1) is 0 Å². The summed E-state index contributed by atoms with van der Waals surface area (Å²) < 4.78 is 0. The van der Waals surface area contributed by atoms with Gasteiger partial charge in [-0.15, -0.1) is 0 Å². The second-order valence-electron chi connectivity index (χ2n) is 6.22. The first-order valence-corrected chi connectivity index (χ1v) is 8.90. The first kappa shape index (κ1) is 17.0. The molecule has 136 valence electrons. The number of nitrogens with zero attached hydrogens (tertiary/aromatic N) is 5. The van der Waals surface area contributed by atoms with Crippen molar-refractivity contribution >= 4 is 23.4 Å². The Morgan fingerprint density at radius 2 is 1.63 bits per heavy atom. The minimum atomic E-state index is -0.0748. The number of amides is 1. The third-order valence-corrected chi connectivity index (χ3v) is 4.44. The van der Waals surface area contributed by atoms with Crippen LogP contribution in [0.3, 0.4) is 0 Å². The fraction of sp³-hybridized carbons (Fsp3) is 0.200. The zero-order valence-electron chi connectivity index (χ0n) is 14.8. The number of anilines is 3. The highest BCUT2D eigenvalue weighted by Crippen LogP contribution is 2.15. The fourth-order valence-corrected chi connectivity index (χ4v) is 3.03. The molecule has 0 bridgehead atoms. The molecule has 1 aromatic carbocycles. The van der Waals surface area contributed by atoms with Crippen LogP contribution < -0.4 is 10.2 Å². The number of hydrogen-bond acceptors (Lipinski definition) is 6. The van der Waals surface area contributed by atoms with Gasteiger partial charge in [-0.2, -0.15) is 0 Å². The minimum absolute atomic E-state index is 0.0748. The molecule has 0 unspecified atom stereocenters. The van der Waals surface area contributed by atoms with Gasteiger partial charge >= 0.3 is 0 Å². The van der Waals surface area contributed by atoms with Crippen molar-refractivity contribution in [2.24, 2.45) is 0 Å². The molecule has 2 aromatic heterocycles. The van der Waals surface area contributed by atoms with Gasteiger partial charge in [-0.25, -0.2) is 15.0 Å². The maximum absolute atomic E-state index is 12.8. The molecule has 7 heteroatoms. The van der Waals surface area contributed by atoms with Gasteiger partial charge < -0.3 is 15.1 Å². The van der Waals surface area contributed by atoms with Gasteiger partial charge in [0.15, 0.2) is 0 Å². The molecule has 1 saturated heterocycles. The zero-order valence-corrected chi connectivity index (χ0v) is 14.8. The summed E-state index contributed by atoms with van der Waals surface area (Å²) in [6.07, 6.45) is 3.39. The van der Waals surface area contributed by atoms with Crippen LogP contribution in [0.1, 0.15) is 10.5 Å². The van der Waals surface area contributed by atoms with E-state index >= 15 is 0 Å². The second kappa shape index (κ2) is 7.82. The van der Waals surface area contributed by atoms with Crippen LogP contribution in [0.25, 0.3) is 0 Å². The lowest BCUT2D eigenvalue weighted by Gasteiger charge is -2.35. The number of carbonyl (C=O) groups is 1. The molecule has 4 rings (SSSR count). The Hall–Kier alpha value is -3.48. The van der Waals surface area contributed by atoms with Crippen LogP contribution in [-0.2, 0) is 0 Å². The van der Waals surface area contributed by atoms with E-state index in [0.29, 0.717) is 24.7 Å². The summed E-state index contributed by atoms with van der Waals surface area (Å²) >= 11 is 0. The van der Waals surface area contributed by atoms with Crippen LogP contribution >= 0.6 is 0 Å². The van der Waals surface area contributed by atoms with E-state index in [9.17, 15) is 4.79 Å². The van der Waals surface area contributed by atoms with Gasteiger partial charge in [-0.3, -0.25) is 4.79 Å². The van der Waals surface area contributed by atoms with Gasteiger partial charge in [0.1, 0.15) is 11.5 Å². The third kappa shape index (κ3) is 4.03. The van der Waals surface area contributed by atoms with E-state index in [-0.39, 0.29) is 5.91 Å². The highest BCUT2D eigenvalue weighted by atomic mass is 16.2. The Morgan fingerprint density at radius 1 is 0.852 bits per heavy atom. The zero-order chi connectivity index (χ0) is 18.5. The lowest BCUT2D eigenvalue weighted by Crippen LogP contribution is -2.49. The Balaban J connectivity index is 1.41. The normalized spacial score (nSPS) is 14.1. The molecule has 0 saturated carbocycles. The number of aromatic nitrogens is 3. The summed E-state index contributed by atoms with van der Waals surface area (Å²) in [4.78, 5) is 29.8. The van der Waals surface area contributed by atoms with Crippen molar-refractivity contribution < 1.29 is 4.79 Å². The smallest absolute Gasteiger partial charge is 0.272 e. The van der Waals surface area contributed by atoms with Crippen LogP contribution in [0.4, 0.5) is 17.5 Å². The lowest BCUT2D eigenvalue weighted by molar-refractivity contribution is 0.0740. The Morgan fingerprint density at radius 3 is 2.37 bits per heavy atom. The maximum Gasteiger partial charge on any atom is 0.272 e. The van der Waals surface area contributed by atoms with Crippen molar-refractivity contribution in [3.05, 3.63) is 72.7 Å². The molecule has 1 aliphatic rings. The summed E-state index contributed by atoms with van der Waals surface area (Å²) in [7, 11) is 0. The van der Waals surface area contributed by atoms with Crippen LogP contribution in [0.15, 0.2) is 67.0 Å². The topological polar surface area (TPSA) is 74.2 Å². The number of pyridine rings is 1. The molecule has 0 spiro atoms. The van der Waals surface area contributed by atoms with Crippen molar-refractivity contribution in [2.45, 2.75) is 0 Å². The van der Waals surface area contributed by atoms with E-state index in [1.807, 2.05) is 53.4 Å². The summed E-state index contributed by atoms with van der Waals surface area (Å²) in [5.74, 6) is 1.29. The van der Waals surface area contributed by atoms with Gasteiger partial charge in [0.2, 0.25) is 5.95 Å². The standard InChI is InChI=1S/C20H20N6O/c27-19(26-14-12-25(13-15-26)18-8-4-5-10-21-18)17-9-11-22-20(24-17)23-16-6-2-1-3-7-16/h1-11H,12-15H2,(H,22,23,24). The van der Waals surface area contributed by atoms with Gasteiger partial charge in [-0.05, 0) is 30.3 Å². The SMILES string of the molecule is O=C(c1ccnc(Nc2ccccc2)n1)N1CCN(c2ccccn2)CC1. The van der Waals surface area contributed by atoms with Crippen LogP contribution in [-0.4, -0.2) is 51.9 Å². The van der Waals surface area contributed by atoms with E-state index in [4.69, 9.17) is 0 Å². The van der Waals surface area contributed by atoms with Crippen LogP contribution in [0.5, 0.6) is 0 Å². The summed E-state index contributed by atoms with van der Waals surface area (Å²) in [5.41, 5.74) is 1.28. The number of carbonyl (C=O) groups excluding carboxylic acids is 1.